The Labute approximate surface area is 87.4 Å². The zero-order chi connectivity index (χ0) is 9.42. The summed E-state index contributed by atoms with van der Waals surface area (Å²) in [5.41, 5.74) is 5.12. The van der Waals surface area contributed by atoms with Crippen LogP contribution in [0.15, 0.2) is 22.2 Å². The van der Waals surface area contributed by atoms with E-state index >= 15 is 0 Å². The minimum Gasteiger partial charge on any atom is -0.299 e. The molecule has 3 fully saturated rings. The van der Waals surface area contributed by atoms with Gasteiger partial charge in [-0.3, -0.25) is 4.79 Å². The monoisotopic (exact) mass is 216 g/mol. The Kier molecular flexibility index (Phi) is 2.48. The fourth-order valence-electron chi connectivity index (χ4n) is 2.34. The van der Waals surface area contributed by atoms with Gasteiger partial charge in [0.2, 0.25) is 0 Å². The van der Waals surface area contributed by atoms with Crippen molar-refractivity contribution in [2.45, 2.75) is 19.3 Å². The average molecular weight is 217 g/mol. The third-order valence-corrected chi connectivity index (χ3v) is 3.49. The molecule has 3 heteroatoms. The van der Waals surface area contributed by atoms with Crippen LogP contribution in [-0.4, -0.2) is 5.78 Å². The van der Waals surface area contributed by atoms with Crippen molar-refractivity contribution in [2.75, 3.05) is 0 Å². The summed E-state index contributed by atoms with van der Waals surface area (Å²) in [7, 11) is 0. The lowest BCUT2D eigenvalue weighted by molar-refractivity contribution is -0.125. The molecule has 2 bridgehead atoms. The van der Waals surface area contributed by atoms with Crippen LogP contribution in [0.25, 0.3) is 0 Å². The van der Waals surface area contributed by atoms with Gasteiger partial charge < -0.3 is 0 Å². The summed E-state index contributed by atoms with van der Waals surface area (Å²) in [5.74, 6) is 0.665. The van der Waals surface area contributed by atoms with Crippen molar-refractivity contribution < 1.29 is 4.79 Å². The Balaban J connectivity index is 2.42. The van der Waals surface area contributed by atoms with Crippen LogP contribution < -0.4 is 0 Å². The van der Waals surface area contributed by atoms with Gasteiger partial charge in [-0.25, -0.2) is 0 Å². The highest BCUT2D eigenvalue weighted by Gasteiger charge is 2.40. The Morgan fingerprint density at radius 1 is 1.15 bits per heavy atom. The molecule has 0 radical (unpaired) electrons. The van der Waals surface area contributed by atoms with E-state index in [1.54, 1.807) is 5.54 Å². The number of rotatable bonds is 0. The molecular weight excluding hydrogens is 207 g/mol. The third kappa shape index (κ3) is 1.35. The smallest absolute Gasteiger partial charge is 0.140 e. The summed E-state index contributed by atoms with van der Waals surface area (Å²) in [6, 6.07) is 0. The van der Waals surface area contributed by atoms with Gasteiger partial charge in [-0.1, -0.05) is 23.2 Å². The molecule has 0 saturated heterocycles. The van der Waals surface area contributed by atoms with Gasteiger partial charge in [-0.05, 0) is 29.9 Å². The molecular formula is C10H10Cl2O. The fraction of sp³-hybridized carbons (Fsp3) is 0.500. The predicted octanol–water partition coefficient (Wildman–Crippen LogP) is 3.23. The van der Waals surface area contributed by atoms with E-state index in [1.807, 2.05) is 0 Å². The summed E-state index contributed by atoms with van der Waals surface area (Å²) in [5, 5.41) is 0. The molecule has 0 aromatic rings. The third-order valence-electron chi connectivity index (χ3n) is 3.02. The maximum atomic E-state index is 11.5. The normalized spacial score (nSPS) is 39.1. The molecule has 3 aliphatic carbocycles. The number of carbonyl (C=O) groups excluding carboxylic acids is 1. The van der Waals surface area contributed by atoms with Crippen LogP contribution in [0.2, 0.25) is 0 Å². The van der Waals surface area contributed by atoms with Crippen LogP contribution in [0.1, 0.15) is 19.3 Å². The molecule has 2 atom stereocenters. The first kappa shape index (κ1) is 9.29. The van der Waals surface area contributed by atoms with Gasteiger partial charge in [0.1, 0.15) is 5.78 Å². The minimum atomic E-state index is 0.0208. The Hall–Kier alpha value is -0.270. The first-order valence-electron chi connectivity index (χ1n) is 4.41. The molecule has 3 saturated carbocycles. The van der Waals surface area contributed by atoms with Gasteiger partial charge in [0.05, 0.1) is 0 Å². The standard InChI is InChI=1S/C10H10Cl2O/c11-4-8-6-1-2-7(9(8)5-12)10(13)3-6/h4-7H,1-3H2. The highest BCUT2D eigenvalue weighted by molar-refractivity contribution is 6.28. The molecule has 2 unspecified atom stereocenters. The summed E-state index contributed by atoms with van der Waals surface area (Å²) < 4.78 is 0. The van der Waals surface area contributed by atoms with Crippen molar-refractivity contribution in [3.63, 3.8) is 0 Å². The van der Waals surface area contributed by atoms with Gasteiger partial charge in [0, 0.05) is 23.4 Å². The molecule has 1 nitrogen and oxygen atoms in total. The summed E-state index contributed by atoms with van der Waals surface area (Å²) in [4.78, 5) is 11.5. The number of hydrogen-bond acceptors (Lipinski definition) is 1. The maximum absolute atomic E-state index is 11.5. The van der Waals surface area contributed by atoms with Gasteiger partial charge in [0.15, 0.2) is 0 Å². The minimum absolute atomic E-state index is 0.0208. The van der Waals surface area contributed by atoms with Crippen LogP contribution in [0.4, 0.5) is 0 Å². The molecule has 0 aromatic carbocycles. The molecule has 3 rings (SSSR count). The van der Waals surface area contributed by atoms with E-state index in [2.05, 4.69) is 0 Å². The molecule has 3 aliphatic rings. The number of halogens is 2. The van der Waals surface area contributed by atoms with Gasteiger partial charge >= 0.3 is 0 Å². The molecule has 0 aromatic heterocycles. The summed E-state index contributed by atoms with van der Waals surface area (Å²) in [6.45, 7) is 0. The molecule has 70 valence electrons. The van der Waals surface area contributed by atoms with Crippen molar-refractivity contribution in [1.82, 2.24) is 0 Å². The molecule has 0 spiro atoms. The SMILES string of the molecule is O=C1CC2CCC1C(=CCl)C2=CCl. The van der Waals surface area contributed by atoms with E-state index < -0.39 is 0 Å². The van der Waals surface area contributed by atoms with E-state index in [-0.39, 0.29) is 5.92 Å². The highest BCUT2D eigenvalue weighted by atomic mass is 35.5. The number of carbonyl (C=O) groups is 1. The van der Waals surface area contributed by atoms with Crippen molar-refractivity contribution >= 4 is 29.0 Å². The lowest BCUT2D eigenvalue weighted by Gasteiger charge is -2.38. The average Bonchev–Trinajstić information content (AvgIpc) is 2.17. The van der Waals surface area contributed by atoms with Crippen molar-refractivity contribution in [3.05, 3.63) is 22.2 Å². The van der Waals surface area contributed by atoms with Crippen LogP contribution >= 0.6 is 23.2 Å². The number of allylic oxidation sites excluding steroid dienone is 2. The van der Waals surface area contributed by atoms with E-state index in [0.29, 0.717) is 18.1 Å². The largest absolute Gasteiger partial charge is 0.299 e. The number of Topliss-reactive ketones (excluding diaryl/α,β-unsaturated/α-hetero) is 1. The molecule has 0 N–H and O–H groups in total. The Morgan fingerprint density at radius 2 is 1.85 bits per heavy atom. The number of ketones is 1. The van der Waals surface area contributed by atoms with E-state index in [1.165, 1.54) is 5.54 Å². The maximum Gasteiger partial charge on any atom is 0.140 e. The van der Waals surface area contributed by atoms with E-state index in [0.717, 1.165) is 24.0 Å². The molecule has 0 heterocycles. The summed E-state index contributed by atoms with van der Waals surface area (Å²) >= 11 is 11.4. The first-order valence-corrected chi connectivity index (χ1v) is 5.29. The van der Waals surface area contributed by atoms with Crippen LogP contribution in [0.5, 0.6) is 0 Å². The molecule has 0 amide bonds. The second-order valence-corrected chi connectivity index (χ2v) is 4.06. The molecule has 13 heavy (non-hydrogen) atoms. The predicted molar refractivity (Wildman–Crippen MR) is 53.7 cm³/mol. The van der Waals surface area contributed by atoms with Crippen LogP contribution in [0.3, 0.4) is 0 Å². The number of fused-ring (bicyclic) bond motifs is 3. The van der Waals surface area contributed by atoms with E-state index in [9.17, 15) is 4.79 Å². The quantitative estimate of drug-likeness (QED) is 0.608. The lowest BCUT2D eigenvalue weighted by atomic mass is 9.65. The van der Waals surface area contributed by atoms with Crippen LogP contribution in [0, 0.1) is 11.8 Å². The lowest BCUT2D eigenvalue weighted by Crippen LogP contribution is -2.35. The van der Waals surface area contributed by atoms with Crippen LogP contribution in [-0.2, 0) is 4.79 Å². The first-order chi connectivity index (χ1) is 6.27. The van der Waals surface area contributed by atoms with Crippen molar-refractivity contribution in [3.8, 4) is 0 Å². The van der Waals surface area contributed by atoms with Crippen molar-refractivity contribution in [2.24, 2.45) is 11.8 Å². The Morgan fingerprint density at radius 3 is 2.38 bits per heavy atom. The second kappa shape index (κ2) is 3.47. The zero-order valence-electron chi connectivity index (χ0n) is 7.09. The fourth-order valence-corrected chi connectivity index (χ4v) is 2.92. The summed E-state index contributed by atoms with van der Waals surface area (Å²) in [6.07, 6.45) is 2.66. The van der Waals surface area contributed by atoms with E-state index in [4.69, 9.17) is 23.2 Å². The Bertz CT molecular complexity index is 304. The second-order valence-electron chi connectivity index (χ2n) is 3.63. The highest BCUT2D eigenvalue weighted by Crippen LogP contribution is 2.46. The van der Waals surface area contributed by atoms with Gasteiger partial charge in [-0.15, -0.1) is 0 Å². The van der Waals surface area contributed by atoms with Gasteiger partial charge in [0.25, 0.3) is 0 Å². The van der Waals surface area contributed by atoms with Crippen molar-refractivity contribution in [1.29, 1.82) is 0 Å². The topological polar surface area (TPSA) is 17.1 Å². The zero-order valence-corrected chi connectivity index (χ0v) is 8.61. The number of hydrogen-bond donors (Lipinski definition) is 0. The van der Waals surface area contributed by atoms with Gasteiger partial charge in [-0.2, -0.15) is 0 Å². The molecule has 0 aliphatic heterocycles.